The third-order valence-corrected chi connectivity index (χ3v) is 3.42. The Morgan fingerprint density at radius 1 is 1.33 bits per heavy atom. The molecule has 0 aromatic carbocycles. The molecular formula is C14H25N3O4. The van der Waals surface area contributed by atoms with Gasteiger partial charge in [-0.15, -0.1) is 0 Å². The van der Waals surface area contributed by atoms with Gasteiger partial charge in [0.05, 0.1) is 6.54 Å². The molecule has 1 saturated heterocycles. The van der Waals surface area contributed by atoms with Crippen LogP contribution in [0.1, 0.15) is 39.5 Å². The Bertz CT molecular complexity index is 384. The fourth-order valence-corrected chi connectivity index (χ4v) is 2.45. The molecule has 0 aromatic rings. The minimum atomic E-state index is -0.804. The number of aliphatic carboxylic acids is 1. The van der Waals surface area contributed by atoms with Crippen molar-refractivity contribution in [1.82, 2.24) is 15.5 Å². The Morgan fingerprint density at radius 3 is 2.67 bits per heavy atom. The smallest absolute Gasteiger partial charge is 0.317 e. The van der Waals surface area contributed by atoms with Gasteiger partial charge in [0.1, 0.15) is 0 Å². The zero-order chi connectivity index (χ0) is 15.8. The largest absolute Gasteiger partial charge is 0.481 e. The molecule has 1 rings (SSSR count). The number of rotatable bonds is 6. The van der Waals surface area contributed by atoms with E-state index in [-0.39, 0.29) is 36.9 Å². The molecule has 0 radical (unpaired) electrons. The Morgan fingerprint density at radius 2 is 2.05 bits per heavy atom. The molecule has 1 aliphatic heterocycles. The minimum absolute atomic E-state index is 0.0344. The summed E-state index contributed by atoms with van der Waals surface area (Å²) in [5.74, 6) is -0.787. The fourth-order valence-electron chi connectivity index (χ4n) is 2.45. The van der Waals surface area contributed by atoms with E-state index in [1.807, 2.05) is 13.8 Å². The topological polar surface area (TPSA) is 98.7 Å². The average Bonchev–Trinajstić information content (AvgIpc) is 2.42. The maximum atomic E-state index is 12.0. The van der Waals surface area contributed by atoms with Crippen LogP contribution in [0.15, 0.2) is 0 Å². The molecule has 120 valence electrons. The van der Waals surface area contributed by atoms with Gasteiger partial charge in [-0.05, 0) is 39.0 Å². The molecule has 1 fully saturated rings. The van der Waals surface area contributed by atoms with Gasteiger partial charge in [0, 0.05) is 25.6 Å². The summed E-state index contributed by atoms with van der Waals surface area (Å²) in [6, 6.07) is -0.210. The van der Waals surface area contributed by atoms with Crippen molar-refractivity contribution in [2.45, 2.75) is 45.6 Å². The van der Waals surface area contributed by atoms with Gasteiger partial charge >= 0.3 is 12.0 Å². The van der Waals surface area contributed by atoms with Gasteiger partial charge in [0.25, 0.3) is 0 Å². The van der Waals surface area contributed by atoms with E-state index in [0.29, 0.717) is 19.5 Å². The molecule has 0 aromatic heterocycles. The first-order valence-electron chi connectivity index (χ1n) is 7.42. The predicted octanol–water partition coefficient (Wildman–Crippen LogP) is 0.797. The number of urea groups is 1. The Labute approximate surface area is 125 Å². The standard InChI is InChI=1S/C14H25N3O4/c1-10(2)16-12(18)8-15-14(21)17-7-3-4-11(9-17)5-6-13(19)20/h10-11H,3-9H2,1-2H3,(H,15,21)(H,16,18)(H,19,20). The summed E-state index contributed by atoms with van der Waals surface area (Å²) >= 11 is 0. The Balaban J connectivity index is 2.33. The molecule has 7 heteroatoms. The first-order valence-corrected chi connectivity index (χ1v) is 7.42. The number of nitrogens with one attached hydrogen (secondary N) is 2. The SMILES string of the molecule is CC(C)NC(=O)CNC(=O)N1CCCC(CCC(=O)O)C1. The minimum Gasteiger partial charge on any atom is -0.481 e. The molecule has 1 unspecified atom stereocenters. The molecule has 0 aliphatic carbocycles. The number of carboxylic acid groups (broad SMARTS) is 1. The number of amides is 3. The van der Waals surface area contributed by atoms with E-state index in [1.54, 1.807) is 4.90 Å². The second kappa shape index (κ2) is 8.49. The van der Waals surface area contributed by atoms with Crippen molar-refractivity contribution in [3.05, 3.63) is 0 Å². The highest BCUT2D eigenvalue weighted by Crippen LogP contribution is 2.20. The normalized spacial score (nSPS) is 18.4. The summed E-state index contributed by atoms with van der Waals surface area (Å²) in [6.45, 7) is 4.90. The van der Waals surface area contributed by atoms with E-state index in [9.17, 15) is 14.4 Å². The third-order valence-electron chi connectivity index (χ3n) is 3.42. The van der Waals surface area contributed by atoms with Crippen LogP contribution in [0.5, 0.6) is 0 Å². The Hall–Kier alpha value is -1.79. The summed E-state index contributed by atoms with van der Waals surface area (Å²) in [7, 11) is 0. The quantitative estimate of drug-likeness (QED) is 0.675. The molecule has 3 amide bonds. The Kier molecular flexibility index (Phi) is 6.98. The van der Waals surface area contributed by atoms with E-state index in [0.717, 1.165) is 12.8 Å². The zero-order valence-corrected chi connectivity index (χ0v) is 12.7. The lowest BCUT2D eigenvalue weighted by molar-refractivity contribution is -0.137. The van der Waals surface area contributed by atoms with Crippen LogP contribution < -0.4 is 10.6 Å². The first kappa shape index (κ1) is 17.3. The van der Waals surface area contributed by atoms with Crippen LogP contribution in [0.2, 0.25) is 0 Å². The number of hydrogen-bond acceptors (Lipinski definition) is 3. The summed E-state index contributed by atoms with van der Waals surface area (Å²) in [5.41, 5.74) is 0. The van der Waals surface area contributed by atoms with E-state index in [2.05, 4.69) is 10.6 Å². The van der Waals surface area contributed by atoms with E-state index in [1.165, 1.54) is 0 Å². The molecule has 21 heavy (non-hydrogen) atoms. The van der Waals surface area contributed by atoms with Crippen molar-refractivity contribution in [2.75, 3.05) is 19.6 Å². The van der Waals surface area contributed by atoms with Gasteiger partial charge < -0.3 is 20.6 Å². The van der Waals surface area contributed by atoms with Crippen LogP contribution in [0.3, 0.4) is 0 Å². The van der Waals surface area contributed by atoms with E-state index < -0.39 is 5.97 Å². The van der Waals surface area contributed by atoms with Gasteiger partial charge in [-0.1, -0.05) is 0 Å². The number of nitrogens with zero attached hydrogens (tertiary/aromatic N) is 1. The molecule has 1 aliphatic rings. The number of carbonyl (C=O) groups excluding carboxylic acids is 2. The molecule has 1 atom stereocenters. The lowest BCUT2D eigenvalue weighted by Crippen LogP contribution is -2.48. The third kappa shape index (κ3) is 6.97. The number of carboxylic acids is 1. The maximum absolute atomic E-state index is 12.0. The lowest BCUT2D eigenvalue weighted by atomic mass is 9.93. The first-order chi connectivity index (χ1) is 9.88. The molecule has 3 N–H and O–H groups in total. The van der Waals surface area contributed by atoms with Crippen LogP contribution in [-0.4, -0.2) is 53.6 Å². The maximum Gasteiger partial charge on any atom is 0.317 e. The molecule has 0 bridgehead atoms. The van der Waals surface area contributed by atoms with Gasteiger partial charge in [-0.25, -0.2) is 4.79 Å². The number of hydrogen-bond donors (Lipinski definition) is 3. The summed E-state index contributed by atoms with van der Waals surface area (Å²) < 4.78 is 0. The van der Waals surface area contributed by atoms with Crippen LogP contribution >= 0.6 is 0 Å². The molecule has 0 saturated carbocycles. The van der Waals surface area contributed by atoms with Crippen LogP contribution in [0.25, 0.3) is 0 Å². The predicted molar refractivity (Wildman–Crippen MR) is 77.8 cm³/mol. The molecular weight excluding hydrogens is 274 g/mol. The number of piperidine rings is 1. The van der Waals surface area contributed by atoms with Gasteiger partial charge in [-0.2, -0.15) is 0 Å². The van der Waals surface area contributed by atoms with E-state index in [4.69, 9.17) is 5.11 Å². The second-order valence-corrected chi connectivity index (χ2v) is 5.77. The molecule has 1 heterocycles. The highest BCUT2D eigenvalue weighted by molar-refractivity contribution is 5.84. The average molecular weight is 299 g/mol. The van der Waals surface area contributed by atoms with Crippen molar-refractivity contribution in [1.29, 1.82) is 0 Å². The van der Waals surface area contributed by atoms with Crippen LogP contribution in [0, 0.1) is 5.92 Å². The summed E-state index contributed by atoms with van der Waals surface area (Å²) in [4.78, 5) is 35.7. The zero-order valence-electron chi connectivity index (χ0n) is 12.7. The second-order valence-electron chi connectivity index (χ2n) is 5.77. The van der Waals surface area contributed by atoms with Crippen molar-refractivity contribution < 1.29 is 19.5 Å². The summed E-state index contributed by atoms with van der Waals surface area (Å²) in [6.07, 6.45) is 2.55. The highest BCUT2D eigenvalue weighted by atomic mass is 16.4. The van der Waals surface area contributed by atoms with Crippen molar-refractivity contribution in [2.24, 2.45) is 5.92 Å². The van der Waals surface area contributed by atoms with Crippen molar-refractivity contribution in [3.63, 3.8) is 0 Å². The highest BCUT2D eigenvalue weighted by Gasteiger charge is 2.24. The van der Waals surface area contributed by atoms with Crippen molar-refractivity contribution >= 4 is 17.9 Å². The van der Waals surface area contributed by atoms with Crippen LogP contribution in [0.4, 0.5) is 4.79 Å². The monoisotopic (exact) mass is 299 g/mol. The van der Waals surface area contributed by atoms with Crippen LogP contribution in [-0.2, 0) is 9.59 Å². The molecule has 7 nitrogen and oxygen atoms in total. The van der Waals surface area contributed by atoms with Gasteiger partial charge in [-0.3, -0.25) is 9.59 Å². The molecule has 0 spiro atoms. The summed E-state index contributed by atoms with van der Waals surface area (Å²) in [5, 5.41) is 14.0. The van der Waals surface area contributed by atoms with Crippen molar-refractivity contribution in [3.8, 4) is 0 Å². The van der Waals surface area contributed by atoms with E-state index >= 15 is 0 Å². The van der Waals surface area contributed by atoms with Gasteiger partial charge in [0.2, 0.25) is 5.91 Å². The number of likely N-dealkylation sites (tertiary alicyclic amines) is 1. The number of carbonyl (C=O) groups is 3. The lowest BCUT2D eigenvalue weighted by Gasteiger charge is -2.32. The van der Waals surface area contributed by atoms with Gasteiger partial charge in [0.15, 0.2) is 0 Å². The fraction of sp³-hybridized carbons (Fsp3) is 0.786.